The Bertz CT molecular complexity index is 1310. The number of aliphatic carboxylic acids is 1. The molecule has 2 atom stereocenters. The molecule has 4 N–H and O–H groups in total. The van der Waals surface area contributed by atoms with E-state index in [0.29, 0.717) is 48.2 Å². The molecule has 0 spiro atoms. The van der Waals surface area contributed by atoms with Crippen molar-refractivity contribution in [2.75, 3.05) is 55.7 Å². The van der Waals surface area contributed by atoms with E-state index in [0.717, 1.165) is 16.2 Å². The molecule has 0 saturated carbocycles. The van der Waals surface area contributed by atoms with E-state index in [-0.39, 0.29) is 36.9 Å². The molecule has 2 aliphatic rings. The first-order chi connectivity index (χ1) is 20.2. The number of carboxylic acid groups (broad SMARTS) is 1. The van der Waals surface area contributed by atoms with E-state index in [2.05, 4.69) is 5.32 Å². The third kappa shape index (κ3) is 7.83. The van der Waals surface area contributed by atoms with Gasteiger partial charge >= 0.3 is 12.1 Å². The number of cyclic esters (lactones) is 1. The molecule has 2 fully saturated rings. The lowest BCUT2D eigenvalue weighted by Crippen LogP contribution is -2.49. The lowest BCUT2D eigenvalue weighted by atomic mass is 10.1. The number of amides is 4. The summed E-state index contributed by atoms with van der Waals surface area (Å²) in [5.41, 5.74) is 6.68. The maximum atomic E-state index is 13.3. The summed E-state index contributed by atoms with van der Waals surface area (Å²) < 4.78 is 11.0. The fourth-order valence-corrected chi connectivity index (χ4v) is 5.60. The number of ether oxygens (including phenoxy) is 2. The van der Waals surface area contributed by atoms with Crippen molar-refractivity contribution in [1.29, 1.82) is 0 Å². The molecule has 0 unspecified atom stereocenters. The van der Waals surface area contributed by atoms with Gasteiger partial charge in [0.15, 0.2) is 0 Å². The third-order valence-corrected chi connectivity index (χ3v) is 8.01. The number of carboxylic acids is 1. The average molecular weight is 622 g/mol. The fourth-order valence-electron chi connectivity index (χ4n) is 4.61. The second kappa shape index (κ2) is 14.6. The molecule has 0 aliphatic carbocycles. The number of benzene rings is 1. The first-order valence-electron chi connectivity index (χ1n) is 13.4. The molecule has 1 aromatic heterocycles. The van der Waals surface area contributed by atoms with Crippen molar-refractivity contribution in [2.45, 2.75) is 31.4 Å². The van der Waals surface area contributed by atoms with Crippen LogP contribution >= 0.6 is 22.9 Å². The fraction of sp³-hybridized carbons (Fsp3) is 0.444. The summed E-state index contributed by atoms with van der Waals surface area (Å²) in [5, 5.41) is 12.2. The van der Waals surface area contributed by atoms with Crippen LogP contribution in [0.4, 0.5) is 16.2 Å². The van der Waals surface area contributed by atoms with Crippen molar-refractivity contribution < 1.29 is 38.6 Å². The van der Waals surface area contributed by atoms with Gasteiger partial charge in [-0.2, -0.15) is 0 Å². The number of thiophene rings is 1. The van der Waals surface area contributed by atoms with Crippen LogP contribution in [0.25, 0.3) is 0 Å². The Labute approximate surface area is 251 Å². The van der Waals surface area contributed by atoms with Crippen LogP contribution in [0.15, 0.2) is 36.4 Å². The molecule has 4 rings (SSSR count). The van der Waals surface area contributed by atoms with Gasteiger partial charge in [0.05, 0.1) is 35.5 Å². The Kier molecular flexibility index (Phi) is 10.9. The Morgan fingerprint density at radius 1 is 1.12 bits per heavy atom. The topological polar surface area (TPSA) is 172 Å². The average Bonchev–Trinajstić information content (AvgIpc) is 3.58. The highest BCUT2D eigenvalue weighted by atomic mass is 35.5. The zero-order chi connectivity index (χ0) is 30.2. The first kappa shape index (κ1) is 31.4. The maximum Gasteiger partial charge on any atom is 0.414 e. The highest BCUT2D eigenvalue weighted by Gasteiger charge is 2.37. The van der Waals surface area contributed by atoms with E-state index in [1.165, 1.54) is 17.0 Å². The molecule has 4 amide bonds. The van der Waals surface area contributed by atoms with Crippen molar-refractivity contribution in [3.63, 3.8) is 0 Å². The molecule has 13 nitrogen and oxygen atoms in total. The lowest BCUT2D eigenvalue weighted by Gasteiger charge is -2.27. The van der Waals surface area contributed by atoms with Gasteiger partial charge in [-0.3, -0.25) is 34.3 Å². The minimum absolute atomic E-state index is 0.00820. The molecule has 3 heterocycles. The van der Waals surface area contributed by atoms with Crippen LogP contribution in [-0.2, 0) is 23.9 Å². The molecular weight excluding hydrogens is 590 g/mol. The minimum atomic E-state index is -1.12. The molecule has 0 bridgehead atoms. The number of imide groups is 1. The van der Waals surface area contributed by atoms with Crippen molar-refractivity contribution in [3.8, 4) is 0 Å². The minimum Gasteiger partial charge on any atom is -0.480 e. The Morgan fingerprint density at radius 2 is 1.83 bits per heavy atom. The van der Waals surface area contributed by atoms with Crippen molar-refractivity contribution in [2.24, 2.45) is 5.73 Å². The van der Waals surface area contributed by atoms with Gasteiger partial charge in [-0.1, -0.05) is 18.0 Å². The van der Waals surface area contributed by atoms with Gasteiger partial charge in [0.25, 0.3) is 11.8 Å². The highest BCUT2D eigenvalue weighted by molar-refractivity contribution is 7.18. The van der Waals surface area contributed by atoms with Crippen molar-refractivity contribution in [3.05, 3.63) is 45.6 Å². The maximum absolute atomic E-state index is 13.3. The van der Waals surface area contributed by atoms with Gasteiger partial charge in [-0.15, -0.1) is 11.3 Å². The van der Waals surface area contributed by atoms with Crippen LogP contribution in [0, 0.1) is 0 Å². The van der Waals surface area contributed by atoms with E-state index >= 15 is 0 Å². The monoisotopic (exact) mass is 621 g/mol. The smallest absolute Gasteiger partial charge is 0.414 e. The number of hydrogen-bond donors (Lipinski definition) is 3. The largest absolute Gasteiger partial charge is 0.480 e. The van der Waals surface area contributed by atoms with E-state index in [1.807, 2.05) is 0 Å². The molecule has 2 saturated heterocycles. The van der Waals surface area contributed by atoms with Gasteiger partial charge < -0.3 is 25.2 Å². The van der Waals surface area contributed by atoms with E-state index in [4.69, 9.17) is 26.8 Å². The summed E-state index contributed by atoms with van der Waals surface area (Å²) in [6, 6.07) is 8.83. The number of hydrogen-bond acceptors (Lipinski definition) is 10. The Hall–Kier alpha value is -3.56. The molecule has 2 aliphatic heterocycles. The zero-order valence-electron chi connectivity index (χ0n) is 22.7. The number of unbranched alkanes of at least 4 members (excludes halogenated alkanes) is 1. The number of nitrogens with one attached hydrogen (secondary N) is 1. The normalized spacial score (nSPS) is 17.7. The number of nitrogens with two attached hydrogens (primary N) is 1. The molecule has 42 heavy (non-hydrogen) atoms. The number of nitrogens with zero attached hydrogens (tertiary/aromatic N) is 3. The SMILES string of the molecule is NCCCC[C@H](NCC(=O)N(C[C@H]1CN(c2ccc(N3CCOCC3=O)cc2)C(=O)O1)C(=O)c1ccc(Cl)s1)C(=O)O. The number of halogens is 1. The number of carbonyl (C=O) groups excluding carboxylic acids is 4. The van der Waals surface area contributed by atoms with Crippen LogP contribution in [0.2, 0.25) is 4.34 Å². The standard InChI is InChI=1S/C27H32ClN5O8S/c28-22-9-8-21(42-22)25(36)33(23(34)13-30-20(26(37)38)3-1-2-10-29)15-19-14-32(27(39)41-19)18-6-4-17(5-7-18)31-11-12-40-16-24(31)35/h4-9,19-20,30H,1-3,10-16,29H2,(H,37,38)/t19-,20+/m1/s1. The lowest BCUT2D eigenvalue weighted by molar-refractivity contribution is -0.140. The molecule has 0 radical (unpaired) electrons. The summed E-state index contributed by atoms with van der Waals surface area (Å²) in [6.45, 7) is 0.676. The summed E-state index contributed by atoms with van der Waals surface area (Å²) in [6.07, 6.45) is -0.0370. The van der Waals surface area contributed by atoms with Crippen LogP contribution < -0.4 is 20.9 Å². The quantitative estimate of drug-likeness (QED) is 0.281. The molecule has 1 aromatic carbocycles. The Morgan fingerprint density at radius 3 is 2.45 bits per heavy atom. The molecular formula is C27H32ClN5O8S. The number of anilines is 2. The number of rotatable bonds is 13. The van der Waals surface area contributed by atoms with Crippen LogP contribution in [0.5, 0.6) is 0 Å². The summed E-state index contributed by atoms with van der Waals surface area (Å²) in [4.78, 5) is 67.3. The van der Waals surface area contributed by atoms with Crippen LogP contribution in [0.1, 0.15) is 28.9 Å². The Balaban J connectivity index is 1.44. The van der Waals surface area contributed by atoms with E-state index in [1.54, 1.807) is 29.2 Å². The van der Waals surface area contributed by atoms with Crippen LogP contribution in [-0.4, -0.2) is 97.9 Å². The second-order valence-electron chi connectivity index (χ2n) is 9.70. The van der Waals surface area contributed by atoms with E-state index < -0.39 is 42.6 Å². The van der Waals surface area contributed by atoms with Gasteiger partial charge in [0, 0.05) is 17.9 Å². The van der Waals surface area contributed by atoms with E-state index in [9.17, 15) is 29.1 Å². The summed E-state index contributed by atoms with van der Waals surface area (Å²) >= 11 is 7.00. The molecule has 226 valence electrons. The predicted molar refractivity (Wildman–Crippen MR) is 155 cm³/mol. The van der Waals surface area contributed by atoms with Gasteiger partial charge in [-0.05, 0) is 55.8 Å². The van der Waals surface area contributed by atoms with Crippen molar-refractivity contribution >= 4 is 64.1 Å². The van der Waals surface area contributed by atoms with Gasteiger partial charge in [0.1, 0.15) is 18.8 Å². The van der Waals surface area contributed by atoms with Crippen molar-refractivity contribution in [1.82, 2.24) is 10.2 Å². The second-order valence-corrected chi connectivity index (χ2v) is 11.4. The molecule has 15 heteroatoms. The summed E-state index contributed by atoms with van der Waals surface area (Å²) in [7, 11) is 0. The number of morpholine rings is 1. The zero-order valence-corrected chi connectivity index (χ0v) is 24.3. The van der Waals surface area contributed by atoms with Gasteiger partial charge in [0.2, 0.25) is 5.91 Å². The molecule has 2 aromatic rings. The third-order valence-electron chi connectivity index (χ3n) is 6.79. The van der Waals surface area contributed by atoms with Gasteiger partial charge in [-0.25, -0.2) is 4.79 Å². The van der Waals surface area contributed by atoms with Crippen LogP contribution in [0.3, 0.4) is 0 Å². The predicted octanol–water partition coefficient (Wildman–Crippen LogP) is 1.93. The highest BCUT2D eigenvalue weighted by Crippen LogP contribution is 2.27. The first-order valence-corrected chi connectivity index (χ1v) is 14.6. The summed E-state index contributed by atoms with van der Waals surface area (Å²) in [5.74, 6) is -2.59. The number of carbonyl (C=O) groups is 5.